The molecule has 154 valence electrons. The monoisotopic (exact) mass is 378 g/mol. The van der Waals surface area contributed by atoms with E-state index in [0.717, 1.165) is 6.42 Å². The lowest BCUT2D eigenvalue weighted by Gasteiger charge is -2.38. The minimum absolute atomic E-state index is 0.0410. The number of rotatable bonds is 9. The quantitative estimate of drug-likeness (QED) is 0.626. The highest BCUT2D eigenvalue weighted by atomic mass is 16.2. The predicted molar refractivity (Wildman–Crippen MR) is 111 cm³/mol. The number of likely N-dealkylation sites (N-methyl/N-ethyl adjacent to an activating group) is 1. The van der Waals surface area contributed by atoms with Crippen LogP contribution in [0.5, 0.6) is 0 Å². The zero-order valence-electron chi connectivity index (χ0n) is 19.0. The zero-order chi connectivity index (χ0) is 21.8. The van der Waals surface area contributed by atoms with Crippen molar-refractivity contribution in [1.82, 2.24) is 10.2 Å². The van der Waals surface area contributed by atoms with Crippen LogP contribution in [0.1, 0.15) is 81.6 Å². The Kier molecular flexibility index (Phi) is 8.79. The van der Waals surface area contributed by atoms with Gasteiger partial charge < -0.3 is 15.0 Å². The third-order valence-electron chi connectivity index (χ3n) is 4.42. The lowest BCUT2D eigenvalue weighted by Crippen LogP contribution is -2.56. The third kappa shape index (κ3) is 9.43. The second-order valence-corrected chi connectivity index (χ2v) is 10.7. The van der Waals surface area contributed by atoms with Crippen molar-refractivity contribution in [1.29, 1.82) is 0 Å². The van der Waals surface area contributed by atoms with Crippen LogP contribution in [-0.4, -0.2) is 48.9 Å². The highest BCUT2D eigenvalue weighted by molar-refractivity contribution is 6.57. The number of hydrogen-bond acceptors (Lipinski definition) is 3. The van der Waals surface area contributed by atoms with Gasteiger partial charge in [-0.25, -0.2) is 0 Å². The zero-order valence-corrected chi connectivity index (χ0v) is 19.0. The third-order valence-corrected chi connectivity index (χ3v) is 4.42. The van der Waals surface area contributed by atoms with Gasteiger partial charge in [0.05, 0.1) is 5.68 Å². The molecule has 6 heteroatoms. The molecule has 1 unspecified atom stereocenters. The maximum atomic E-state index is 13.1. The lowest BCUT2D eigenvalue weighted by molar-refractivity contribution is -0.148. The van der Waals surface area contributed by atoms with Gasteiger partial charge in [0.15, 0.2) is 7.85 Å². The van der Waals surface area contributed by atoms with Gasteiger partial charge in [0.25, 0.3) is 0 Å². The van der Waals surface area contributed by atoms with E-state index in [-0.39, 0.29) is 23.7 Å². The van der Waals surface area contributed by atoms with Crippen molar-refractivity contribution >= 4 is 25.3 Å². The Morgan fingerprint density at radius 2 is 1.48 bits per heavy atom. The molecule has 0 aliphatic rings. The molecule has 0 fully saturated rings. The Labute approximate surface area is 167 Å². The first kappa shape index (κ1) is 25.7. The van der Waals surface area contributed by atoms with E-state index in [2.05, 4.69) is 39.9 Å². The van der Waals surface area contributed by atoms with Crippen molar-refractivity contribution in [3.63, 3.8) is 0 Å². The fraction of sp³-hybridized carbons (Fsp3) is 0.857. The van der Waals surface area contributed by atoms with Gasteiger partial charge in [-0.05, 0) is 38.0 Å². The first-order valence-corrected chi connectivity index (χ1v) is 9.75. The highest BCUT2D eigenvalue weighted by Crippen LogP contribution is 2.35. The molecule has 0 aliphatic heterocycles. The molecule has 1 atom stereocenters. The van der Waals surface area contributed by atoms with Crippen molar-refractivity contribution in [3.8, 4) is 0 Å². The van der Waals surface area contributed by atoms with Crippen LogP contribution in [0, 0.1) is 16.7 Å². The van der Waals surface area contributed by atoms with Crippen LogP contribution in [-0.2, 0) is 14.4 Å². The summed E-state index contributed by atoms with van der Waals surface area (Å²) in [6.07, 6.45) is 1.25. The van der Waals surface area contributed by atoms with Crippen LogP contribution in [0.25, 0.3) is 0 Å². The van der Waals surface area contributed by atoms with E-state index in [1.165, 1.54) is 4.90 Å². The summed E-state index contributed by atoms with van der Waals surface area (Å²) >= 11 is 0. The van der Waals surface area contributed by atoms with E-state index in [0.29, 0.717) is 12.3 Å². The van der Waals surface area contributed by atoms with Crippen LogP contribution in [0.3, 0.4) is 0 Å². The summed E-state index contributed by atoms with van der Waals surface area (Å²) in [5.74, 6) is -0.109. The predicted octanol–water partition coefficient (Wildman–Crippen LogP) is 3.30. The Morgan fingerprint density at radius 3 is 1.85 bits per heavy atom. The molecule has 0 aromatic rings. The van der Waals surface area contributed by atoms with Gasteiger partial charge in [-0.3, -0.25) is 9.59 Å². The largest absolute Gasteiger partial charge is 0.349 e. The van der Waals surface area contributed by atoms with Gasteiger partial charge in [0.2, 0.25) is 11.8 Å². The molecule has 0 saturated heterocycles. The van der Waals surface area contributed by atoms with Crippen molar-refractivity contribution in [2.45, 2.75) is 93.2 Å². The molecule has 0 saturated carbocycles. The summed E-state index contributed by atoms with van der Waals surface area (Å²) in [7, 11) is 6.95. The van der Waals surface area contributed by atoms with Gasteiger partial charge in [-0.15, -0.1) is 0 Å². The molecule has 0 rings (SSSR count). The number of carbonyl (C=O) groups is 3. The Hall–Kier alpha value is -1.33. The molecule has 0 spiro atoms. The maximum Gasteiger partial charge on any atom is 0.243 e. The summed E-state index contributed by atoms with van der Waals surface area (Å²) in [5.41, 5.74) is -1.74. The van der Waals surface area contributed by atoms with Gasteiger partial charge in [0, 0.05) is 24.4 Å². The Bertz CT molecular complexity index is 548. The van der Waals surface area contributed by atoms with Crippen molar-refractivity contribution in [2.75, 3.05) is 7.05 Å². The van der Waals surface area contributed by atoms with Crippen molar-refractivity contribution in [3.05, 3.63) is 0 Å². The molecule has 2 radical (unpaired) electrons. The minimum atomic E-state index is -0.916. The van der Waals surface area contributed by atoms with Gasteiger partial charge >= 0.3 is 0 Å². The summed E-state index contributed by atoms with van der Waals surface area (Å²) in [5, 5.41) is 2.99. The van der Waals surface area contributed by atoms with E-state index in [4.69, 9.17) is 7.85 Å². The number of nitrogens with one attached hydrogen (secondary N) is 1. The Balaban J connectivity index is 5.52. The number of hydrogen-bond donors (Lipinski definition) is 1. The molecular weight excluding hydrogens is 339 g/mol. The summed E-state index contributed by atoms with van der Waals surface area (Å²) in [6, 6.07) is -0.916. The molecule has 0 heterocycles. The van der Waals surface area contributed by atoms with Gasteiger partial charge in [-0.2, -0.15) is 0 Å². The number of carbonyl (C=O) groups excluding carboxylic acids is 3. The highest BCUT2D eigenvalue weighted by Gasteiger charge is 2.39. The average Bonchev–Trinajstić information content (AvgIpc) is 2.37. The molecule has 0 aliphatic carbocycles. The standard InChI is InChI=1S/C21H39BN2O3/c1-14(2)12-21(8,9)23-17(26)15(11-16(22)25)24(10)18(27)20(6,7)13-19(3,4)5/h14-15H,11-13H2,1-10H3,(H,23,26). The average molecular weight is 378 g/mol. The van der Waals surface area contributed by atoms with E-state index >= 15 is 0 Å². The van der Waals surface area contributed by atoms with Crippen LogP contribution in [0.4, 0.5) is 0 Å². The number of amides is 2. The molecule has 0 bridgehead atoms. The second-order valence-electron chi connectivity index (χ2n) is 10.7. The Morgan fingerprint density at radius 1 is 1.00 bits per heavy atom. The molecule has 27 heavy (non-hydrogen) atoms. The summed E-state index contributed by atoms with van der Waals surface area (Å²) in [6.45, 7) is 18.0. The second kappa shape index (κ2) is 9.25. The fourth-order valence-corrected chi connectivity index (χ4v) is 4.10. The number of nitrogens with zero attached hydrogens (tertiary/aromatic N) is 1. The normalized spacial score (nSPS) is 14.0. The molecular formula is C21H39BN2O3. The lowest BCUT2D eigenvalue weighted by atomic mass is 9.75. The van der Waals surface area contributed by atoms with E-state index in [1.807, 2.05) is 27.7 Å². The fourth-order valence-electron chi connectivity index (χ4n) is 4.10. The van der Waals surface area contributed by atoms with Crippen molar-refractivity contribution < 1.29 is 14.4 Å². The SMILES string of the molecule is [B]C(=O)CC(C(=O)NC(C)(C)CC(C)C)N(C)C(=O)C(C)(C)CC(C)(C)C. The topological polar surface area (TPSA) is 66.5 Å². The summed E-state index contributed by atoms with van der Waals surface area (Å²) < 4.78 is 0. The van der Waals surface area contributed by atoms with Gasteiger partial charge in [0.1, 0.15) is 6.04 Å². The van der Waals surface area contributed by atoms with Crippen LogP contribution in [0.15, 0.2) is 0 Å². The first-order valence-electron chi connectivity index (χ1n) is 9.75. The van der Waals surface area contributed by atoms with Crippen LogP contribution >= 0.6 is 0 Å². The summed E-state index contributed by atoms with van der Waals surface area (Å²) in [4.78, 5) is 39.0. The molecule has 2 amide bonds. The molecule has 5 nitrogen and oxygen atoms in total. The van der Waals surface area contributed by atoms with E-state index in [9.17, 15) is 14.4 Å². The van der Waals surface area contributed by atoms with Gasteiger partial charge in [-0.1, -0.05) is 48.5 Å². The molecule has 0 aromatic carbocycles. The molecule has 1 N–H and O–H groups in total. The minimum Gasteiger partial charge on any atom is -0.349 e. The van der Waals surface area contributed by atoms with E-state index < -0.39 is 22.7 Å². The smallest absolute Gasteiger partial charge is 0.243 e. The van der Waals surface area contributed by atoms with E-state index in [1.54, 1.807) is 7.05 Å². The maximum absolute atomic E-state index is 13.1. The van der Waals surface area contributed by atoms with Crippen LogP contribution in [0.2, 0.25) is 0 Å². The van der Waals surface area contributed by atoms with Crippen LogP contribution < -0.4 is 5.32 Å². The first-order chi connectivity index (χ1) is 11.9. The van der Waals surface area contributed by atoms with Crippen molar-refractivity contribution in [2.24, 2.45) is 16.7 Å². The molecule has 0 aromatic heterocycles.